The molecule has 0 saturated carbocycles. The van der Waals surface area contributed by atoms with Gasteiger partial charge in [0.15, 0.2) is 0 Å². The smallest absolute Gasteiger partial charge is 0.124 e. The maximum absolute atomic E-state index is 14.2. The average Bonchev–Trinajstić information content (AvgIpc) is 2.57. The van der Waals surface area contributed by atoms with Gasteiger partial charge in [0, 0.05) is 43.0 Å². The van der Waals surface area contributed by atoms with Crippen molar-refractivity contribution in [2.75, 3.05) is 20.3 Å². The fourth-order valence-electron chi connectivity index (χ4n) is 2.94. The summed E-state index contributed by atoms with van der Waals surface area (Å²) in [5.41, 5.74) is 1.68. The Balaban J connectivity index is 1.90. The first-order valence-electron chi connectivity index (χ1n) is 7.80. The van der Waals surface area contributed by atoms with Crippen molar-refractivity contribution in [1.29, 1.82) is 0 Å². The third kappa shape index (κ3) is 3.77. The highest BCUT2D eigenvalue weighted by molar-refractivity contribution is 7.99. The zero-order valence-electron chi connectivity index (χ0n) is 13.5. The third-order valence-electron chi connectivity index (χ3n) is 4.35. The molecule has 0 bridgehead atoms. The van der Waals surface area contributed by atoms with Gasteiger partial charge in [-0.25, -0.2) is 4.39 Å². The molecule has 122 valence electrons. The lowest BCUT2D eigenvalue weighted by molar-refractivity contribution is -0.0950. The van der Waals surface area contributed by atoms with Crippen LogP contribution in [0.3, 0.4) is 0 Å². The van der Waals surface area contributed by atoms with E-state index in [1.807, 2.05) is 6.07 Å². The van der Waals surface area contributed by atoms with Gasteiger partial charge in [-0.15, -0.1) is 0 Å². The summed E-state index contributed by atoms with van der Waals surface area (Å²) in [7, 11) is 1.70. The Morgan fingerprint density at radius 1 is 1.04 bits per heavy atom. The molecular formula is C19H21FO2S. The molecule has 1 saturated heterocycles. The van der Waals surface area contributed by atoms with E-state index in [-0.39, 0.29) is 5.82 Å². The maximum atomic E-state index is 14.2. The van der Waals surface area contributed by atoms with Crippen LogP contribution in [0.2, 0.25) is 0 Å². The number of aryl methyl sites for hydroxylation is 1. The van der Waals surface area contributed by atoms with E-state index >= 15 is 0 Å². The third-order valence-corrected chi connectivity index (χ3v) is 5.32. The second-order valence-electron chi connectivity index (χ2n) is 5.90. The quantitative estimate of drug-likeness (QED) is 0.790. The lowest BCUT2D eigenvalue weighted by Gasteiger charge is -2.36. The minimum absolute atomic E-state index is 0.222. The van der Waals surface area contributed by atoms with E-state index in [1.54, 1.807) is 31.0 Å². The fraction of sp³-hybridized carbons (Fsp3) is 0.368. The second kappa shape index (κ2) is 7.04. The first kappa shape index (κ1) is 16.5. The van der Waals surface area contributed by atoms with Crippen LogP contribution >= 0.6 is 11.8 Å². The van der Waals surface area contributed by atoms with Crippen LogP contribution in [-0.2, 0) is 15.1 Å². The highest BCUT2D eigenvalue weighted by Crippen LogP contribution is 2.38. The van der Waals surface area contributed by atoms with Crippen LogP contribution in [0.15, 0.2) is 52.3 Å². The standard InChI is InChI=1S/C19H21FO2S/c1-14-3-5-17(6-4-14)23-18-12-15(11-16(20)13-18)19(21-2)7-9-22-10-8-19/h3-6,11-13H,7-10H2,1-2H3. The van der Waals surface area contributed by atoms with E-state index in [4.69, 9.17) is 9.47 Å². The van der Waals surface area contributed by atoms with Crippen molar-refractivity contribution < 1.29 is 13.9 Å². The van der Waals surface area contributed by atoms with Crippen molar-refractivity contribution in [2.24, 2.45) is 0 Å². The Kier molecular flexibility index (Phi) is 5.05. The van der Waals surface area contributed by atoms with Crippen LogP contribution in [-0.4, -0.2) is 20.3 Å². The van der Waals surface area contributed by atoms with Gasteiger partial charge in [-0.05, 0) is 42.8 Å². The zero-order valence-corrected chi connectivity index (χ0v) is 14.3. The van der Waals surface area contributed by atoms with Crippen molar-refractivity contribution in [3.8, 4) is 0 Å². The molecule has 2 nitrogen and oxygen atoms in total. The molecular weight excluding hydrogens is 311 g/mol. The van der Waals surface area contributed by atoms with Crippen LogP contribution in [0.5, 0.6) is 0 Å². The van der Waals surface area contributed by atoms with Gasteiger partial charge in [0.2, 0.25) is 0 Å². The van der Waals surface area contributed by atoms with Crippen LogP contribution in [0.25, 0.3) is 0 Å². The van der Waals surface area contributed by atoms with E-state index in [1.165, 1.54) is 5.56 Å². The number of benzene rings is 2. The summed E-state index contributed by atoms with van der Waals surface area (Å²) < 4.78 is 25.4. The second-order valence-corrected chi connectivity index (χ2v) is 7.05. The zero-order chi connectivity index (χ0) is 16.3. The Morgan fingerprint density at radius 2 is 1.74 bits per heavy atom. The normalized spacial score (nSPS) is 17.2. The summed E-state index contributed by atoms with van der Waals surface area (Å²) in [6, 6.07) is 13.5. The van der Waals surface area contributed by atoms with E-state index in [0.29, 0.717) is 13.2 Å². The summed E-state index contributed by atoms with van der Waals surface area (Å²) in [5.74, 6) is -0.222. The van der Waals surface area contributed by atoms with Gasteiger partial charge in [-0.1, -0.05) is 29.5 Å². The first-order valence-corrected chi connectivity index (χ1v) is 8.61. The molecule has 2 aromatic carbocycles. The molecule has 2 aromatic rings. The molecule has 0 N–H and O–H groups in total. The summed E-state index contributed by atoms with van der Waals surface area (Å²) in [5, 5.41) is 0. The molecule has 0 radical (unpaired) electrons. The first-order chi connectivity index (χ1) is 11.1. The van der Waals surface area contributed by atoms with Gasteiger partial charge in [-0.3, -0.25) is 0 Å². The van der Waals surface area contributed by atoms with Crippen LogP contribution in [0.1, 0.15) is 24.0 Å². The Hall–Kier alpha value is -1.36. The van der Waals surface area contributed by atoms with Crippen molar-refractivity contribution in [3.63, 3.8) is 0 Å². The number of hydrogen-bond acceptors (Lipinski definition) is 3. The molecule has 0 aliphatic carbocycles. The minimum Gasteiger partial charge on any atom is -0.381 e. The van der Waals surface area contributed by atoms with Gasteiger partial charge in [-0.2, -0.15) is 0 Å². The van der Waals surface area contributed by atoms with Crippen molar-refractivity contribution in [2.45, 2.75) is 35.2 Å². The molecule has 0 unspecified atom stereocenters. The van der Waals surface area contributed by atoms with E-state index < -0.39 is 5.60 Å². The number of ether oxygens (including phenoxy) is 2. The molecule has 0 atom stereocenters. The van der Waals surface area contributed by atoms with Crippen molar-refractivity contribution >= 4 is 11.8 Å². The lowest BCUT2D eigenvalue weighted by Crippen LogP contribution is -2.35. The van der Waals surface area contributed by atoms with Crippen LogP contribution < -0.4 is 0 Å². The van der Waals surface area contributed by atoms with Crippen molar-refractivity contribution in [3.05, 3.63) is 59.4 Å². The molecule has 0 aromatic heterocycles. The molecule has 4 heteroatoms. The van der Waals surface area contributed by atoms with E-state index in [2.05, 4.69) is 31.2 Å². The van der Waals surface area contributed by atoms with Gasteiger partial charge in [0.1, 0.15) is 5.82 Å². The monoisotopic (exact) mass is 332 g/mol. The topological polar surface area (TPSA) is 18.5 Å². The fourth-order valence-corrected chi connectivity index (χ4v) is 3.84. The molecule has 1 fully saturated rings. The Bertz CT molecular complexity index is 664. The van der Waals surface area contributed by atoms with Gasteiger partial charge in [0.05, 0.1) is 5.60 Å². The maximum Gasteiger partial charge on any atom is 0.124 e. The molecule has 0 amide bonds. The summed E-state index contributed by atoms with van der Waals surface area (Å²) in [4.78, 5) is 2.00. The molecule has 1 aliphatic heterocycles. The summed E-state index contributed by atoms with van der Waals surface area (Å²) >= 11 is 1.57. The van der Waals surface area contributed by atoms with Gasteiger partial charge < -0.3 is 9.47 Å². The average molecular weight is 332 g/mol. The van der Waals surface area contributed by atoms with Gasteiger partial charge >= 0.3 is 0 Å². The lowest BCUT2D eigenvalue weighted by atomic mass is 9.86. The van der Waals surface area contributed by atoms with Gasteiger partial charge in [0.25, 0.3) is 0 Å². The number of halogens is 1. The predicted molar refractivity (Wildman–Crippen MR) is 90.4 cm³/mol. The number of rotatable bonds is 4. The summed E-state index contributed by atoms with van der Waals surface area (Å²) in [6.07, 6.45) is 1.50. The Labute approximate surface area is 141 Å². The van der Waals surface area contributed by atoms with E-state index in [9.17, 15) is 4.39 Å². The molecule has 3 rings (SSSR count). The molecule has 0 spiro atoms. The number of hydrogen-bond donors (Lipinski definition) is 0. The largest absolute Gasteiger partial charge is 0.381 e. The van der Waals surface area contributed by atoms with Crippen molar-refractivity contribution in [1.82, 2.24) is 0 Å². The molecule has 1 aliphatic rings. The number of methoxy groups -OCH3 is 1. The minimum atomic E-state index is -0.442. The molecule has 23 heavy (non-hydrogen) atoms. The predicted octanol–water partition coefficient (Wildman–Crippen LogP) is 4.94. The highest BCUT2D eigenvalue weighted by Gasteiger charge is 2.35. The highest BCUT2D eigenvalue weighted by atomic mass is 32.2. The van der Waals surface area contributed by atoms with E-state index in [0.717, 1.165) is 28.2 Å². The Morgan fingerprint density at radius 3 is 2.39 bits per heavy atom. The van der Waals surface area contributed by atoms with Crippen LogP contribution in [0, 0.1) is 12.7 Å². The molecule has 1 heterocycles. The summed E-state index contributed by atoms with van der Waals surface area (Å²) in [6.45, 7) is 3.35. The SMILES string of the molecule is COC1(c2cc(F)cc(Sc3ccc(C)cc3)c2)CCOCC1. The van der Waals surface area contributed by atoms with Crippen LogP contribution in [0.4, 0.5) is 4.39 Å².